The number of ether oxygens (including phenoxy) is 1. The van der Waals surface area contributed by atoms with Crippen molar-refractivity contribution in [2.75, 3.05) is 24.7 Å². The maximum Gasteiger partial charge on any atom is 0.381 e. The molecular weight excluding hydrogens is 356 g/mol. The van der Waals surface area contributed by atoms with Gasteiger partial charge in [0, 0.05) is 5.69 Å². The molecule has 0 amide bonds. The second kappa shape index (κ2) is 6.15. The fourth-order valence-electron chi connectivity index (χ4n) is 1.52. The Balaban J connectivity index is 3.05. The Morgan fingerprint density at radius 2 is 1.38 bits per heavy atom. The number of rotatable bonds is 7. The van der Waals surface area contributed by atoms with Crippen LogP contribution in [0.25, 0.3) is 0 Å². The van der Waals surface area contributed by atoms with Gasteiger partial charge in [0.2, 0.25) is 0 Å². The monoisotopic (exact) mass is 368 g/mol. The van der Waals surface area contributed by atoms with Crippen LogP contribution in [0.1, 0.15) is 0 Å². The number of hydrogen-bond donors (Lipinski definition) is 3. The SMILES string of the molecule is Nc1ccc(OCC(F)(F)C(F)(F)C(F)(F)C(F)(F)CO)c(N)c1. The summed E-state index contributed by atoms with van der Waals surface area (Å²) in [5.74, 6) is -25.1. The van der Waals surface area contributed by atoms with Crippen molar-refractivity contribution in [3.63, 3.8) is 0 Å². The first-order valence-corrected chi connectivity index (χ1v) is 6.09. The molecule has 5 N–H and O–H groups in total. The second-order valence-electron chi connectivity index (χ2n) is 4.80. The summed E-state index contributed by atoms with van der Waals surface area (Å²) in [6, 6.07) is 3.01. The third-order valence-corrected chi connectivity index (χ3v) is 2.95. The summed E-state index contributed by atoms with van der Waals surface area (Å²) < 4.78 is 109. The van der Waals surface area contributed by atoms with Crippen molar-refractivity contribution in [3.8, 4) is 5.75 Å². The lowest BCUT2D eigenvalue weighted by Crippen LogP contribution is -2.64. The average molecular weight is 368 g/mol. The summed E-state index contributed by atoms with van der Waals surface area (Å²) in [5.41, 5.74) is 10.3. The summed E-state index contributed by atoms with van der Waals surface area (Å²) >= 11 is 0. The van der Waals surface area contributed by atoms with Crippen LogP contribution < -0.4 is 16.2 Å². The van der Waals surface area contributed by atoms with E-state index in [2.05, 4.69) is 4.74 Å². The number of benzene rings is 1. The van der Waals surface area contributed by atoms with E-state index in [0.717, 1.165) is 18.2 Å². The molecule has 0 radical (unpaired) electrons. The number of aliphatic hydroxyl groups is 1. The zero-order valence-electron chi connectivity index (χ0n) is 11.7. The third-order valence-electron chi connectivity index (χ3n) is 2.95. The standard InChI is InChI=1S/C12H12F8N2O2/c13-9(14,4-23)11(17,18)12(19,20)10(15,16)5-24-8-2-1-6(21)3-7(8)22/h1-3,23H,4-5,21-22H2. The number of hydrogen-bond acceptors (Lipinski definition) is 4. The van der Waals surface area contributed by atoms with Gasteiger partial charge in [-0.1, -0.05) is 0 Å². The van der Waals surface area contributed by atoms with Gasteiger partial charge in [-0.2, -0.15) is 35.1 Å². The highest BCUT2D eigenvalue weighted by atomic mass is 19.4. The van der Waals surface area contributed by atoms with Crippen molar-refractivity contribution in [1.82, 2.24) is 0 Å². The molecule has 1 aromatic carbocycles. The zero-order chi connectivity index (χ0) is 19.0. The largest absolute Gasteiger partial charge is 0.485 e. The molecule has 24 heavy (non-hydrogen) atoms. The fourth-order valence-corrected chi connectivity index (χ4v) is 1.52. The highest BCUT2D eigenvalue weighted by molar-refractivity contribution is 5.60. The molecule has 0 atom stereocenters. The Morgan fingerprint density at radius 3 is 1.83 bits per heavy atom. The van der Waals surface area contributed by atoms with Gasteiger partial charge in [0.1, 0.15) is 12.4 Å². The summed E-state index contributed by atoms with van der Waals surface area (Å²) in [4.78, 5) is 0. The van der Waals surface area contributed by atoms with Crippen molar-refractivity contribution in [3.05, 3.63) is 18.2 Å². The van der Waals surface area contributed by atoms with Crippen LogP contribution in [0.2, 0.25) is 0 Å². The van der Waals surface area contributed by atoms with E-state index in [0.29, 0.717) is 0 Å². The molecule has 4 nitrogen and oxygen atoms in total. The van der Waals surface area contributed by atoms with Crippen LogP contribution in [-0.2, 0) is 0 Å². The van der Waals surface area contributed by atoms with Gasteiger partial charge in [-0.05, 0) is 18.2 Å². The smallest absolute Gasteiger partial charge is 0.381 e. The second-order valence-corrected chi connectivity index (χ2v) is 4.80. The number of alkyl halides is 8. The van der Waals surface area contributed by atoms with Crippen LogP contribution in [0.3, 0.4) is 0 Å². The number of halogens is 8. The Hall–Kier alpha value is -1.98. The molecule has 0 saturated heterocycles. The Kier molecular flexibility index (Phi) is 5.14. The Labute approximate surface area is 130 Å². The quantitative estimate of drug-likeness (QED) is 0.511. The highest BCUT2D eigenvalue weighted by Gasteiger charge is 2.80. The van der Waals surface area contributed by atoms with Gasteiger partial charge in [0.15, 0.2) is 6.61 Å². The Bertz CT molecular complexity index is 594. The van der Waals surface area contributed by atoms with Crippen LogP contribution >= 0.6 is 0 Å². The summed E-state index contributed by atoms with van der Waals surface area (Å²) in [5, 5.41) is 8.06. The maximum absolute atomic E-state index is 13.4. The highest BCUT2D eigenvalue weighted by Crippen LogP contribution is 2.52. The van der Waals surface area contributed by atoms with Crippen LogP contribution in [-0.4, -0.2) is 42.0 Å². The van der Waals surface area contributed by atoms with Crippen LogP contribution in [0.15, 0.2) is 18.2 Å². The molecule has 0 heterocycles. The molecule has 0 fully saturated rings. The predicted octanol–water partition coefficient (Wildman–Crippen LogP) is 2.76. The normalized spacial score (nSPS) is 13.9. The minimum absolute atomic E-state index is 0.0751. The van der Waals surface area contributed by atoms with E-state index in [1.807, 2.05) is 0 Å². The van der Waals surface area contributed by atoms with Gasteiger partial charge in [0.05, 0.1) is 5.69 Å². The first-order chi connectivity index (χ1) is 10.7. The lowest BCUT2D eigenvalue weighted by Gasteiger charge is -2.35. The number of aliphatic hydroxyl groups excluding tert-OH is 1. The van der Waals surface area contributed by atoms with Crippen molar-refractivity contribution in [1.29, 1.82) is 0 Å². The van der Waals surface area contributed by atoms with E-state index in [-0.39, 0.29) is 11.4 Å². The maximum atomic E-state index is 13.4. The molecule has 0 spiro atoms. The minimum Gasteiger partial charge on any atom is -0.485 e. The van der Waals surface area contributed by atoms with E-state index in [9.17, 15) is 35.1 Å². The molecule has 0 aliphatic heterocycles. The van der Waals surface area contributed by atoms with Gasteiger partial charge >= 0.3 is 23.7 Å². The molecule has 0 aliphatic carbocycles. The summed E-state index contributed by atoms with van der Waals surface area (Å²) in [6.45, 7) is -5.12. The third kappa shape index (κ3) is 3.28. The molecule has 138 valence electrons. The van der Waals surface area contributed by atoms with Gasteiger partial charge < -0.3 is 21.3 Å². The molecule has 0 unspecified atom stereocenters. The fraction of sp³-hybridized carbons (Fsp3) is 0.500. The molecule has 12 heteroatoms. The molecule has 0 aromatic heterocycles. The van der Waals surface area contributed by atoms with E-state index in [4.69, 9.17) is 16.6 Å². The summed E-state index contributed by atoms with van der Waals surface area (Å²) in [6.07, 6.45) is 0. The van der Waals surface area contributed by atoms with Crippen LogP contribution in [0.4, 0.5) is 46.5 Å². The lowest BCUT2D eigenvalue weighted by molar-refractivity contribution is -0.372. The predicted molar refractivity (Wildman–Crippen MR) is 67.6 cm³/mol. The first-order valence-electron chi connectivity index (χ1n) is 6.09. The van der Waals surface area contributed by atoms with Crippen LogP contribution in [0, 0.1) is 0 Å². The van der Waals surface area contributed by atoms with Crippen LogP contribution in [0.5, 0.6) is 5.75 Å². The minimum atomic E-state index is -6.53. The molecule has 1 rings (SSSR count). The average Bonchev–Trinajstić information content (AvgIpc) is 2.45. The van der Waals surface area contributed by atoms with Crippen molar-refractivity contribution in [2.45, 2.75) is 23.7 Å². The van der Waals surface area contributed by atoms with Gasteiger partial charge in [0.25, 0.3) is 0 Å². The number of nitrogens with two attached hydrogens (primary N) is 2. The van der Waals surface area contributed by atoms with Gasteiger partial charge in [-0.3, -0.25) is 0 Å². The van der Waals surface area contributed by atoms with Gasteiger partial charge in [-0.15, -0.1) is 0 Å². The van der Waals surface area contributed by atoms with E-state index < -0.39 is 42.7 Å². The lowest BCUT2D eigenvalue weighted by atomic mass is 9.99. The zero-order valence-corrected chi connectivity index (χ0v) is 11.7. The molecule has 0 aliphatic rings. The van der Waals surface area contributed by atoms with E-state index in [1.165, 1.54) is 0 Å². The van der Waals surface area contributed by atoms with E-state index in [1.54, 1.807) is 0 Å². The van der Waals surface area contributed by atoms with E-state index >= 15 is 0 Å². The number of nitrogen functional groups attached to an aromatic ring is 2. The summed E-state index contributed by atoms with van der Waals surface area (Å²) in [7, 11) is 0. The number of anilines is 2. The molecule has 1 aromatic rings. The molecular formula is C12H12F8N2O2. The van der Waals surface area contributed by atoms with Crippen molar-refractivity contribution < 1.29 is 45.0 Å². The van der Waals surface area contributed by atoms with Crippen molar-refractivity contribution in [2.24, 2.45) is 0 Å². The molecule has 0 saturated carbocycles. The Morgan fingerprint density at radius 1 is 0.875 bits per heavy atom. The van der Waals surface area contributed by atoms with Crippen molar-refractivity contribution >= 4 is 11.4 Å². The molecule has 0 bridgehead atoms. The topological polar surface area (TPSA) is 81.5 Å². The van der Waals surface area contributed by atoms with Gasteiger partial charge in [-0.25, -0.2) is 0 Å². The first kappa shape index (κ1) is 20.1.